The number of furan rings is 1. The minimum Gasteiger partial charge on any atom is -0.468 e. The predicted octanol–water partition coefficient (Wildman–Crippen LogP) is 10.6. The van der Waals surface area contributed by atoms with Gasteiger partial charge < -0.3 is 14.2 Å². The number of benzene rings is 4. The molecule has 3 nitrogen and oxygen atoms in total. The molecule has 2 bridgehead atoms. The van der Waals surface area contributed by atoms with Gasteiger partial charge in [0.25, 0.3) is 6.71 Å². The fraction of sp³-hybridized carbons (Fsp3) is 0.435. The summed E-state index contributed by atoms with van der Waals surface area (Å²) in [4.78, 5) is 5.36. The fourth-order valence-corrected chi connectivity index (χ4v) is 9.85. The van der Waals surface area contributed by atoms with Crippen LogP contribution in [-0.2, 0) is 16.2 Å². The van der Waals surface area contributed by atoms with Gasteiger partial charge in [0.2, 0.25) is 0 Å². The van der Waals surface area contributed by atoms with Gasteiger partial charge in [-0.3, -0.25) is 0 Å². The fourth-order valence-electron chi connectivity index (χ4n) is 9.85. The maximum atomic E-state index is 7.20. The summed E-state index contributed by atoms with van der Waals surface area (Å²) in [7, 11) is 0. The Hall–Kier alpha value is -3.92. The van der Waals surface area contributed by atoms with Crippen LogP contribution in [0.4, 0.5) is 28.4 Å². The lowest BCUT2D eigenvalue weighted by Gasteiger charge is -2.46. The summed E-state index contributed by atoms with van der Waals surface area (Å²) in [6.45, 7) is 23.2. The molecule has 3 atom stereocenters. The van der Waals surface area contributed by atoms with Gasteiger partial charge in [-0.1, -0.05) is 99.1 Å². The molecule has 2 saturated carbocycles. The van der Waals surface area contributed by atoms with E-state index in [0.29, 0.717) is 6.04 Å². The lowest BCUT2D eigenvalue weighted by atomic mass is 9.35. The van der Waals surface area contributed by atoms with E-state index in [4.69, 9.17) is 4.42 Å². The minimum atomic E-state index is 0.0123. The third-order valence-electron chi connectivity index (χ3n) is 12.6. The van der Waals surface area contributed by atoms with Crippen LogP contribution in [0.25, 0.3) is 11.0 Å². The smallest absolute Gasteiger partial charge is 0.297 e. The molecule has 1 aromatic heterocycles. The van der Waals surface area contributed by atoms with Crippen molar-refractivity contribution in [1.82, 2.24) is 0 Å². The number of rotatable bonds is 2. The summed E-state index contributed by atoms with van der Waals surface area (Å²) in [6.07, 6.45) is 5.43. The molecule has 2 aliphatic carbocycles. The first-order valence-corrected chi connectivity index (χ1v) is 19.1. The van der Waals surface area contributed by atoms with Crippen LogP contribution < -0.4 is 26.4 Å². The molecule has 3 heterocycles. The van der Waals surface area contributed by atoms with E-state index in [1.165, 1.54) is 92.7 Å². The Morgan fingerprint density at radius 1 is 0.660 bits per heavy atom. The number of nitrogens with zero attached hydrogens (tertiary/aromatic N) is 2. The highest BCUT2D eigenvalue weighted by Crippen LogP contribution is 2.52. The summed E-state index contributed by atoms with van der Waals surface area (Å²) in [5.41, 5.74) is 16.8. The number of hydrogen-bond acceptors (Lipinski definition) is 3. The van der Waals surface area contributed by atoms with Gasteiger partial charge in [0.1, 0.15) is 5.58 Å². The van der Waals surface area contributed by atoms with Gasteiger partial charge in [-0.15, -0.1) is 0 Å². The van der Waals surface area contributed by atoms with Crippen molar-refractivity contribution in [2.24, 2.45) is 11.8 Å². The number of fused-ring (bicyclic) bond motifs is 8. The van der Waals surface area contributed by atoms with E-state index in [-0.39, 0.29) is 23.0 Å². The normalized spacial score (nSPS) is 21.2. The molecule has 5 aromatic rings. The van der Waals surface area contributed by atoms with Crippen molar-refractivity contribution in [3.8, 4) is 0 Å². The highest BCUT2D eigenvalue weighted by atomic mass is 16.3. The van der Waals surface area contributed by atoms with E-state index in [1.807, 2.05) is 0 Å². The largest absolute Gasteiger partial charge is 0.468 e. The lowest BCUT2D eigenvalue weighted by Crippen LogP contribution is -2.63. The van der Waals surface area contributed by atoms with Gasteiger partial charge in [0.15, 0.2) is 0 Å². The molecular weight excluding hydrogens is 607 g/mol. The molecule has 256 valence electrons. The molecule has 3 unspecified atom stereocenters. The summed E-state index contributed by atoms with van der Waals surface area (Å²) in [5.74, 6) is 1.61. The zero-order chi connectivity index (χ0) is 35.1. The first-order chi connectivity index (χ1) is 23.6. The molecule has 9 rings (SSSR count). The average molecular weight is 661 g/mol. The Bertz CT molecular complexity index is 2170. The quantitative estimate of drug-likeness (QED) is 0.172. The topological polar surface area (TPSA) is 19.6 Å². The van der Waals surface area contributed by atoms with Crippen molar-refractivity contribution in [3.63, 3.8) is 0 Å². The molecule has 0 saturated heterocycles. The van der Waals surface area contributed by atoms with Crippen molar-refractivity contribution in [3.05, 3.63) is 95.1 Å². The molecule has 2 fully saturated rings. The summed E-state index contributed by atoms with van der Waals surface area (Å²) < 4.78 is 7.20. The predicted molar refractivity (Wildman–Crippen MR) is 214 cm³/mol. The molecule has 4 aliphatic rings. The van der Waals surface area contributed by atoms with Crippen LogP contribution in [0.1, 0.15) is 110 Å². The van der Waals surface area contributed by atoms with Crippen LogP contribution in [0, 0.1) is 18.8 Å². The zero-order valence-corrected chi connectivity index (χ0v) is 31.9. The third kappa shape index (κ3) is 4.76. The summed E-state index contributed by atoms with van der Waals surface area (Å²) in [5, 5.41) is 1.20. The number of hydrogen-bond donors (Lipinski definition) is 0. The minimum absolute atomic E-state index is 0.0123. The highest BCUT2D eigenvalue weighted by molar-refractivity contribution is 6.99. The standard InChI is InChI=1S/C46H53BN2O/c1-27-21-38-41-39(22-27)49(37-24-28-11-12-29(37)23-28)36-19-15-32(46(8,9)10)26-35(36)47(41)43-42(34-25-31(45(5,6)7)16-20-40(34)50-43)48(38)33-17-13-30(14-18-33)44(2,3)4/h13-22,25-26,28-29,37H,11-12,23-24H2,1-10H3. The van der Waals surface area contributed by atoms with E-state index >= 15 is 0 Å². The molecule has 4 heteroatoms. The van der Waals surface area contributed by atoms with Crippen LogP contribution in [0.5, 0.6) is 0 Å². The first kappa shape index (κ1) is 32.0. The van der Waals surface area contributed by atoms with Gasteiger partial charge in [0, 0.05) is 34.2 Å². The average Bonchev–Trinajstić information content (AvgIpc) is 3.78. The van der Waals surface area contributed by atoms with E-state index in [2.05, 4.69) is 152 Å². The summed E-state index contributed by atoms with van der Waals surface area (Å²) >= 11 is 0. The maximum absolute atomic E-state index is 7.20. The van der Waals surface area contributed by atoms with Crippen molar-refractivity contribution < 1.29 is 4.42 Å². The third-order valence-corrected chi connectivity index (χ3v) is 12.6. The van der Waals surface area contributed by atoms with Gasteiger partial charge in [0.05, 0.1) is 11.3 Å². The van der Waals surface area contributed by atoms with Gasteiger partial charge >= 0.3 is 0 Å². The SMILES string of the molecule is Cc1cc2c3c(c1)N(C1CC4CCC1C4)c1ccc(C(C)(C)C)cc1B3c1oc3ccc(C(C)(C)C)cc3c1N2c1ccc(C(C)(C)C)cc1. The molecule has 0 radical (unpaired) electrons. The van der Waals surface area contributed by atoms with Crippen LogP contribution in [-0.4, -0.2) is 12.8 Å². The molecule has 4 aromatic carbocycles. The van der Waals surface area contributed by atoms with Crippen LogP contribution in [0.2, 0.25) is 0 Å². The number of anilines is 5. The van der Waals surface area contributed by atoms with Crippen LogP contribution >= 0.6 is 0 Å². The Morgan fingerprint density at radius 2 is 1.30 bits per heavy atom. The molecule has 0 N–H and O–H groups in total. The Morgan fingerprint density at radius 3 is 1.94 bits per heavy atom. The van der Waals surface area contributed by atoms with Crippen LogP contribution in [0.3, 0.4) is 0 Å². The molecule has 0 amide bonds. The molecule has 50 heavy (non-hydrogen) atoms. The molecule has 0 spiro atoms. The maximum Gasteiger partial charge on any atom is 0.297 e. The van der Waals surface area contributed by atoms with Crippen molar-refractivity contribution >= 4 is 62.7 Å². The van der Waals surface area contributed by atoms with E-state index in [0.717, 1.165) is 23.1 Å². The van der Waals surface area contributed by atoms with E-state index < -0.39 is 0 Å². The first-order valence-electron chi connectivity index (χ1n) is 19.1. The highest BCUT2D eigenvalue weighted by Gasteiger charge is 2.51. The second-order valence-electron chi connectivity index (χ2n) is 19.2. The summed E-state index contributed by atoms with van der Waals surface area (Å²) in [6, 6.07) is 29.1. The van der Waals surface area contributed by atoms with E-state index in [1.54, 1.807) is 0 Å². The monoisotopic (exact) mass is 660 g/mol. The Balaban J connectivity index is 1.37. The second-order valence-corrected chi connectivity index (χ2v) is 19.2. The zero-order valence-electron chi connectivity index (χ0n) is 31.9. The van der Waals surface area contributed by atoms with Crippen molar-refractivity contribution in [1.29, 1.82) is 0 Å². The number of aryl methyl sites for hydroxylation is 1. The van der Waals surface area contributed by atoms with Crippen molar-refractivity contribution in [2.45, 2.75) is 117 Å². The van der Waals surface area contributed by atoms with Gasteiger partial charge in [-0.2, -0.15) is 0 Å². The Kier molecular flexibility index (Phi) is 6.76. The molecule has 2 aliphatic heterocycles. The van der Waals surface area contributed by atoms with Crippen molar-refractivity contribution in [2.75, 3.05) is 9.80 Å². The van der Waals surface area contributed by atoms with Gasteiger partial charge in [-0.25, -0.2) is 0 Å². The van der Waals surface area contributed by atoms with Crippen LogP contribution in [0.15, 0.2) is 77.2 Å². The molecular formula is C46H53BN2O. The van der Waals surface area contributed by atoms with E-state index in [9.17, 15) is 0 Å². The Labute approximate surface area is 300 Å². The van der Waals surface area contributed by atoms with Gasteiger partial charge in [-0.05, 0) is 130 Å². The lowest BCUT2D eigenvalue weighted by molar-refractivity contribution is 0.413. The second kappa shape index (κ2) is 10.6.